The summed E-state index contributed by atoms with van der Waals surface area (Å²) in [6.45, 7) is 0.509. The summed E-state index contributed by atoms with van der Waals surface area (Å²) >= 11 is 1.39. The van der Waals surface area contributed by atoms with Gasteiger partial charge in [0.25, 0.3) is 5.91 Å². The number of amides is 2. The van der Waals surface area contributed by atoms with E-state index in [1.54, 1.807) is 10.9 Å². The first kappa shape index (κ1) is 10.1. The van der Waals surface area contributed by atoms with E-state index in [0.717, 1.165) is 0 Å². The van der Waals surface area contributed by atoms with Crippen LogP contribution in [0.2, 0.25) is 0 Å². The number of hydrogen-bond donors (Lipinski definition) is 2. The van der Waals surface area contributed by atoms with E-state index in [0.29, 0.717) is 25.1 Å². The molecule has 0 bridgehead atoms. The molecule has 0 aliphatic carbocycles. The number of hydrogen-bond acceptors (Lipinski definition) is 4. The number of carbonyl (C=O) groups is 2. The molecule has 1 aromatic heterocycles. The highest BCUT2D eigenvalue weighted by molar-refractivity contribution is 7.07. The quantitative estimate of drug-likeness (QED) is 0.752. The predicted octanol–water partition coefficient (Wildman–Crippen LogP) is 0.152. The molecule has 1 aromatic rings. The Morgan fingerprint density at radius 3 is 3.13 bits per heavy atom. The van der Waals surface area contributed by atoms with Crippen molar-refractivity contribution >= 4 is 23.2 Å². The van der Waals surface area contributed by atoms with E-state index in [4.69, 9.17) is 0 Å². The molecule has 6 heteroatoms. The van der Waals surface area contributed by atoms with Crippen LogP contribution >= 0.6 is 11.3 Å². The lowest BCUT2D eigenvalue weighted by Crippen LogP contribution is -2.47. The fourth-order valence-electron chi connectivity index (χ4n) is 1.44. The van der Waals surface area contributed by atoms with Crippen molar-refractivity contribution in [3.05, 3.63) is 16.6 Å². The van der Waals surface area contributed by atoms with Gasteiger partial charge in [-0.15, -0.1) is 11.3 Å². The van der Waals surface area contributed by atoms with Gasteiger partial charge in [0.1, 0.15) is 5.69 Å². The van der Waals surface area contributed by atoms with Gasteiger partial charge in [-0.25, -0.2) is 4.98 Å². The summed E-state index contributed by atoms with van der Waals surface area (Å²) in [5.74, 6) is -0.119. The van der Waals surface area contributed by atoms with Gasteiger partial charge in [0, 0.05) is 24.4 Å². The average molecular weight is 225 g/mol. The number of nitrogens with zero attached hydrogens (tertiary/aromatic N) is 1. The van der Waals surface area contributed by atoms with Crippen LogP contribution in [0.25, 0.3) is 0 Å². The van der Waals surface area contributed by atoms with E-state index in [-0.39, 0.29) is 17.9 Å². The normalized spacial score (nSPS) is 20.8. The molecule has 0 radical (unpaired) electrons. The molecule has 5 nitrogen and oxygen atoms in total. The topological polar surface area (TPSA) is 71.1 Å². The molecule has 1 aliphatic heterocycles. The van der Waals surface area contributed by atoms with Crippen molar-refractivity contribution in [2.75, 3.05) is 6.54 Å². The maximum Gasteiger partial charge on any atom is 0.271 e. The summed E-state index contributed by atoms with van der Waals surface area (Å²) in [6.07, 6.45) is 1.17. The number of aromatic nitrogens is 1. The monoisotopic (exact) mass is 225 g/mol. The fourth-order valence-corrected chi connectivity index (χ4v) is 1.97. The third kappa shape index (κ3) is 2.53. The second-order valence-corrected chi connectivity index (χ2v) is 4.11. The number of carbonyl (C=O) groups excluding carboxylic acids is 2. The van der Waals surface area contributed by atoms with Gasteiger partial charge in [-0.3, -0.25) is 9.59 Å². The molecule has 15 heavy (non-hydrogen) atoms. The van der Waals surface area contributed by atoms with E-state index >= 15 is 0 Å². The van der Waals surface area contributed by atoms with Crippen molar-refractivity contribution in [1.82, 2.24) is 15.6 Å². The van der Waals surface area contributed by atoms with E-state index in [1.807, 2.05) is 0 Å². The number of thiazole rings is 1. The largest absolute Gasteiger partial charge is 0.354 e. The number of nitrogens with one attached hydrogen (secondary N) is 2. The maximum atomic E-state index is 11.6. The second kappa shape index (κ2) is 4.39. The zero-order valence-corrected chi connectivity index (χ0v) is 8.84. The van der Waals surface area contributed by atoms with Crippen LogP contribution in [0.5, 0.6) is 0 Å². The molecule has 0 aromatic carbocycles. The van der Waals surface area contributed by atoms with E-state index < -0.39 is 0 Å². The Morgan fingerprint density at radius 2 is 2.53 bits per heavy atom. The third-order valence-corrected chi connectivity index (χ3v) is 2.85. The molecular weight excluding hydrogens is 214 g/mol. The molecule has 2 heterocycles. The summed E-state index contributed by atoms with van der Waals surface area (Å²) in [6, 6.07) is 0.0249. The van der Waals surface area contributed by atoms with Crippen LogP contribution in [-0.4, -0.2) is 29.4 Å². The lowest BCUT2D eigenvalue weighted by Gasteiger charge is -2.22. The van der Waals surface area contributed by atoms with Crippen molar-refractivity contribution in [2.24, 2.45) is 0 Å². The van der Waals surface area contributed by atoms with Gasteiger partial charge >= 0.3 is 0 Å². The van der Waals surface area contributed by atoms with Gasteiger partial charge in [0.15, 0.2) is 0 Å². The summed E-state index contributed by atoms with van der Waals surface area (Å²) in [4.78, 5) is 26.4. The first-order valence-corrected chi connectivity index (χ1v) is 5.66. The van der Waals surface area contributed by atoms with Crippen LogP contribution in [0, 0.1) is 0 Å². The minimum Gasteiger partial charge on any atom is -0.354 e. The maximum absolute atomic E-state index is 11.6. The minimum absolute atomic E-state index is 0.0249. The molecule has 2 rings (SSSR count). The lowest BCUT2D eigenvalue weighted by molar-refractivity contribution is -0.122. The molecule has 1 fully saturated rings. The highest BCUT2D eigenvalue weighted by atomic mass is 32.1. The Bertz CT molecular complexity index is 353. The molecule has 2 N–H and O–H groups in total. The summed E-state index contributed by atoms with van der Waals surface area (Å²) < 4.78 is 0. The summed E-state index contributed by atoms with van der Waals surface area (Å²) in [7, 11) is 0. The van der Waals surface area contributed by atoms with Gasteiger partial charge in [-0.2, -0.15) is 0 Å². The Kier molecular flexibility index (Phi) is 2.96. The van der Waals surface area contributed by atoms with Crippen LogP contribution in [0.15, 0.2) is 10.9 Å². The van der Waals surface area contributed by atoms with Gasteiger partial charge in [0.05, 0.1) is 5.51 Å². The van der Waals surface area contributed by atoms with Crippen molar-refractivity contribution in [3.8, 4) is 0 Å². The van der Waals surface area contributed by atoms with Gasteiger partial charge in [-0.05, 0) is 6.42 Å². The smallest absolute Gasteiger partial charge is 0.271 e. The van der Waals surface area contributed by atoms with Crippen molar-refractivity contribution in [1.29, 1.82) is 0 Å². The van der Waals surface area contributed by atoms with Gasteiger partial charge in [0.2, 0.25) is 5.91 Å². The Balaban J connectivity index is 1.87. The second-order valence-electron chi connectivity index (χ2n) is 3.39. The summed E-state index contributed by atoms with van der Waals surface area (Å²) in [5, 5.41) is 7.25. The highest BCUT2D eigenvalue weighted by Crippen LogP contribution is 2.05. The average Bonchev–Trinajstić information content (AvgIpc) is 2.74. The lowest BCUT2D eigenvalue weighted by atomic mass is 10.1. The third-order valence-electron chi connectivity index (χ3n) is 2.27. The zero-order valence-electron chi connectivity index (χ0n) is 8.03. The van der Waals surface area contributed by atoms with Crippen LogP contribution in [0.4, 0.5) is 0 Å². The SMILES string of the molecule is O=C1CC[C@@H](NC(=O)c2cscn2)CN1. The Hall–Kier alpha value is -1.43. The first-order chi connectivity index (χ1) is 7.25. The molecule has 2 amide bonds. The summed E-state index contributed by atoms with van der Waals surface area (Å²) in [5.41, 5.74) is 2.06. The van der Waals surface area contributed by atoms with Gasteiger partial charge in [-0.1, -0.05) is 0 Å². The van der Waals surface area contributed by atoms with E-state index in [9.17, 15) is 9.59 Å². The Morgan fingerprint density at radius 1 is 1.67 bits per heavy atom. The molecule has 0 saturated carbocycles. The van der Waals surface area contributed by atoms with Crippen LogP contribution in [0.1, 0.15) is 23.3 Å². The molecule has 1 aliphatic rings. The van der Waals surface area contributed by atoms with E-state index in [1.165, 1.54) is 11.3 Å². The van der Waals surface area contributed by atoms with Crippen molar-refractivity contribution < 1.29 is 9.59 Å². The number of piperidine rings is 1. The standard InChI is InChI=1S/C9H11N3O2S/c13-8-2-1-6(3-10-8)12-9(14)7-4-15-5-11-7/h4-6H,1-3H2,(H,10,13)(H,12,14)/t6-/m1/s1. The Labute approximate surface area is 90.9 Å². The fraction of sp³-hybridized carbons (Fsp3) is 0.444. The van der Waals surface area contributed by atoms with Gasteiger partial charge < -0.3 is 10.6 Å². The first-order valence-electron chi connectivity index (χ1n) is 4.71. The van der Waals surface area contributed by atoms with E-state index in [2.05, 4.69) is 15.6 Å². The van der Waals surface area contributed by atoms with Crippen LogP contribution in [-0.2, 0) is 4.79 Å². The molecule has 0 spiro atoms. The minimum atomic E-state index is -0.169. The zero-order chi connectivity index (χ0) is 10.7. The molecular formula is C9H11N3O2S. The highest BCUT2D eigenvalue weighted by Gasteiger charge is 2.20. The van der Waals surface area contributed by atoms with Crippen LogP contribution < -0.4 is 10.6 Å². The number of rotatable bonds is 2. The van der Waals surface area contributed by atoms with Crippen molar-refractivity contribution in [2.45, 2.75) is 18.9 Å². The van der Waals surface area contributed by atoms with Crippen molar-refractivity contribution in [3.63, 3.8) is 0 Å². The molecule has 1 saturated heterocycles. The molecule has 1 atom stereocenters. The molecule has 0 unspecified atom stereocenters. The van der Waals surface area contributed by atoms with Crippen LogP contribution in [0.3, 0.4) is 0 Å². The molecule has 80 valence electrons. The predicted molar refractivity (Wildman–Crippen MR) is 55.6 cm³/mol.